The molecule has 0 amide bonds. The largest absolute Gasteiger partial charge is 1.00 e. The Balaban J connectivity index is 0.00000225. The van der Waals surface area contributed by atoms with E-state index < -0.39 is 7.26 Å². The molecule has 3 rings (SSSR count). The second kappa shape index (κ2) is 9.50. The third-order valence-corrected chi connectivity index (χ3v) is 9.78. The van der Waals surface area contributed by atoms with Crippen molar-refractivity contribution in [1.29, 1.82) is 0 Å². The van der Waals surface area contributed by atoms with E-state index in [-0.39, 0.29) is 24.0 Å². The van der Waals surface area contributed by atoms with Gasteiger partial charge in [-0.25, -0.2) is 0 Å². The molecule has 25 heavy (non-hydrogen) atoms. The molecule has 0 N–H and O–H groups in total. The molecule has 0 spiro atoms. The fourth-order valence-corrected chi connectivity index (χ4v) is 8.81. The SMILES string of the molecule is CCCC(C)[P+](c1ccccc1)(c1ccccc1)c1ccccc1.[I-]. The predicted octanol–water partition coefficient (Wildman–Crippen LogP) is 2.17. The first-order chi connectivity index (χ1) is 11.8. The van der Waals surface area contributed by atoms with Crippen LogP contribution < -0.4 is 39.9 Å². The second-order valence-electron chi connectivity index (χ2n) is 6.37. The van der Waals surface area contributed by atoms with Gasteiger partial charge in [0.25, 0.3) is 0 Å². The third-order valence-electron chi connectivity index (χ3n) is 4.86. The summed E-state index contributed by atoms with van der Waals surface area (Å²) in [5.74, 6) is 0. The average molecular weight is 460 g/mol. The second-order valence-corrected chi connectivity index (χ2v) is 10.2. The molecule has 3 aromatic rings. The molecule has 0 radical (unpaired) electrons. The lowest BCUT2D eigenvalue weighted by Gasteiger charge is -2.33. The fourth-order valence-electron chi connectivity index (χ4n) is 3.81. The molecule has 0 heterocycles. The van der Waals surface area contributed by atoms with Gasteiger partial charge in [-0.05, 0) is 49.7 Å². The van der Waals surface area contributed by atoms with Crippen molar-refractivity contribution < 1.29 is 24.0 Å². The van der Waals surface area contributed by atoms with Gasteiger partial charge in [0, 0.05) is 0 Å². The molecule has 3 aromatic carbocycles. The molecule has 0 aliphatic rings. The van der Waals surface area contributed by atoms with Gasteiger partial charge in [-0.1, -0.05) is 67.9 Å². The van der Waals surface area contributed by atoms with Crippen LogP contribution in [-0.4, -0.2) is 5.66 Å². The number of hydrogen-bond donors (Lipinski definition) is 0. The van der Waals surface area contributed by atoms with Crippen molar-refractivity contribution >= 4 is 23.2 Å². The van der Waals surface area contributed by atoms with Crippen molar-refractivity contribution in [3.63, 3.8) is 0 Å². The molecule has 0 aromatic heterocycles. The summed E-state index contributed by atoms with van der Waals surface area (Å²) in [6.45, 7) is 4.75. The van der Waals surface area contributed by atoms with E-state index in [1.807, 2.05) is 0 Å². The highest BCUT2D eigenvalue weighted by Gasteiger charge is 2.49. The lowest BCUT2D eigenvalue weighted by Crippen LogP contribution is -3.00. The van der Waals surface area contributed by atoms with Gasteiger partial charge >= 0.3 is 0 Å². The molecular formula is C23H26IP. The first-order valence-electron chi connectivity index (χ1n) is 8.85. The Kier molecular flexibility index (Phi) is 7.65. The maximum absolute atomic E-state index is 2.45. The number of rotatable bonds is 6. The van der Waals surface area contributed by atoms with Crippen molar-refractivity contribution in [2.45, 2.75) is 32.3 Å². The first kappa shape index (κ1) is 20.1. The molecule has 0 bridgehead atoms. The van der Waals surface area contributed by atoms with Crippen LogP contribution in [0.5, 0.6) is 0 Å². The highest BCUT2D eigenvalue weighted by atomic mass is 127. The summed E-state index contributed by atoms with van der Waals surface area (Å²) < 4.78 is 0. The van der Waals surface area contributed by atoms with Crippen LogP contribution in [0.25, 0.3) is 0 Å². The minimum absolute atomic E-state index is 0. The summed E-state index contributed by atoms with van der Waals surface area (Å²) in [5, 5.41) is 4.47. The van der Waals surface area contributed by atoms with E-state index in [9.17, 15) is 0 Å². The van der Waals surface area contributed by atoms with Crippen molar-refractivity contribution in [2.75, 3.05) is 0 Å². The summed E-state index contributed by atoms with van der Waals surface area (Å²) in [7, 11) is -1.66. The predicted molar refractivity (Wildman–Crippen MR) is 110 cm³/mol. The van der Waals surface area contributed by atoms with Gasteiger partial charge < -0.3 is 24.0 Å². The highest BCUT2D eigenvalue weighted by molar-refractivity contribution is 7.96. The maximum atomic E-state index is 2.45. The van der Waals surface area contributed by atoms with E-state index in [4.69, 9.17) is 0 Å². The normalized spacial score (nSPS) is 12.2. The van der Waals surface area contributed by atoms with Crippen molar-refractivity contribution in [1.82, 2.24) is 0 Å². The van der Waals surface area contributed by atoms with E-state index in [0.29, 0.717) is 5.66 Å². The molecule has 0 saturated carbocycles. The molecule has 0 aliphatic carbocycles. The van der Waals surface area contributed by atoms with E-state index in [2.05, 4.69) is 105 Å². The highest BCUT2D eigenvalue weighted by Crippen LogP contribution is 2.60. The van der Waals surface area contributed by atoms with E-state index in [1.54, 1.807) is 0 Å². The van der Waals surface area contributed by atoms with Crippen molar-refractivity contribution in [3.05, 3.63) is 91.0 Å². The smallest absolute Gasteiger partial charge is 0.114 e. The van der Waals surface area contributed by atoms with Crippen LogP contribution in [0.3, 0.4) is 0 Å². The summed E-state index contributed by atoms with van der Waals surface area (Å²) in [4.78, 5) is 0. The summed E-state index contributed by atoms with van der Waals surface area (Å²) >= 11 is 0. The van der Waals surface area contributed by atoms with E-state index in [0.717, 1.165) is 0 Å². The topological polar surface area (TPSA) is 0 Å². The standard InChI is InChI=1S/C23H26P.HI/c1-3-13-20(2)24(21-14-7-4-8-15-21,22-16-9-5-10-17-22)23-18-11-6-12-19-23;/h4-12,14-20H,3,13H2,1-2H3;1H/q+1;/p-1. The van der Waals surface area contributed by atoms with Crippen molar-refractivity contribution in [3.8, 4) is 0 Å². The Morgan fingerprint density at radius 1 is 0.640 bits per heavy atom. The summed E-state index contributed by atoms with van der Waals surface area (Å²) in [5.41, 5.74) is 0.620. The van der Waals surface area contributed by atoms with Gasteiger partial charge in [-0.3, -0.25) is 0 Å². The molecule has 1 atom stereocenters. The minimum Gasteiger partial charge on any atom is -1.00 e. The van der Waals surface area contributed by atoms with Gasteiger partial charge in [0.2, 0.25) is 0 Å². The molecule has 0 saturated heterocycles. The molecule has 130 valence electrons. The average Bonchev–Trinajstić information content (AvgIpc) is 2.65. The van der Waals surface area contributed by atoms with Crippen LogP contribution in [0.4, 0.5) is 0 Å². The van der Waals surface area contributed by atoms with Crippen LogP contribution in [0.1, 0.15) is 26.7 Å². The first-order valence-corrected chi connectivity index (χ1v) is 10.7. The van der Waals surface area contributed by atoms with Gasteiger partial charge in [-0.2, -0.15) is 0 Å². The van der Waals surface area contributed by atoms with Crippen LogP contribution in [0.15, 0.2) is 91.0 Å². The Hall–Kier alpha value is -1.18. The summed E-state index contributed by atoms with van der Waals surface area (Å²) in [6.07, 6.45) is 2.46. The van der Waals surface area contributed by atoms with E-state index in [1.165, 1.54) is 28.8 Å². The quantitative estimate of drug-likeness (QED) is 0.391. The molecule has 2 heteroatoms. The van der Waals surface area contributed by atoms with Gasteiger partial charge in [0.1, 0.15) is 23.2 Å². The minimum atomic E-state index is -1.66. The van der Waals surface area contributed by atoms with Crippen LogP contribution in [-0.2, 0) is 0 Å². The Bertz CT molecular complexity index is 644. The molecule has 0 fully saturated rings. The third kappa shape index (κ3) is 3.99. The molecule has 0 nitrogen and oxygen atoms in total. The maximum Gasteiger partial charge on any atom is 0.114 e. The molecular weight excluding hydrogens is 434 g/mol. The Morgan fingerprint density at radius 3 is 1.24 bits per heavy atom. The van der Waals surface area contributed by atoms with Gasteiger partial charge in [-0.15, -0.1) is 0 Å². The lowest BCUT2D eigenvalue weighted by atomic mass is 10.3. The number of benzene rings is 3. The summed E-state index contributed by atoms with van der Waals surface area (Å²) in [6, 6.07) is 33.5. The van der Waals surface area contributed by atoms with Crippen LogP contribution in [0, 0.1) is 0 Å². The monoisotopic (exact) mass is 460 g/mol. The van der Waals surface area contributed by atoms with E-state index >= 15 is 0 Å². The zero-order valence-corrected chi connectivity index (χ0v) is 18.0. The van der Waals surface area contributed by atoms with Crippen LogP contribution >= 0.6 is 7.26 Å². The number of hydrogen-bond acceptors (Lipinski definition) is 0. The Morgan fingerprint density at radius 2 is 0.960 bits per heavy atom. The zero-order valence-electron chi connectivity index (χ0n) is 15.0. The lowest BCUT2D eigenvalue weighted by molar-refractivity contribution is -0.00000481. The Labute approximate surface area is 170 Å². The van der Waals surface area contributed by atoms with Gasteiger partial charge in [0.15, 0.2) is 0 Å². The number of halogens is 1. The molecule has 0 aliphatic heterocycles. The van der Waals surface area contributed by atoms with Gasteiger partial charge in [0.05, 0.1) is 5.66 Å². The fraction of sp³-hybridized carbons (Fsp3) is 0.217. The molecule has 1 unspecified atom stereocenters. The zero-order chi connectivity index (χ0) is 16.8. The van der Waals surface area contributed by atoms with Crippen LogP contribution in [0.2, 0.25) is 0 Å². The van der Waals surface area contributed by atoms with Crippen molar-refractivity contribution in [2.24, 2.45) is 0 Å².